The smallest absolute Gasteiger partial charge is 0.337 e. The summed E-state index contributed by atoms with van der Waals surface area (Å²) in [5.74, 6) is -0.550. The molecule has 1 aromatic heterocycles. The van der Waals surface area contributed by atoms with E-state index in [1.54, 1.807) is 18.2 Å². The van der Waals surface area contributed by atoms with Gasteiger partial charge in [0.15, 0.2) is 0 Å². The molecule has 1 fully saturated rings. The predicted octanol–water partition coefficient (Wildman–Crippen LogP) is 3.37. The third-order valence-corrected chi connectivity index (χ3v) is 4.63. The number of halogens is 1. The van der Waals surface area contributed by atoms with E-state index in [-0.39, 0.29) is 11.4 Å². The molecule has 0 atom stereocenters. The molecule has 0 aliphatic carbocycles. The second kappa shape index (κ2) is 7.53. The molecule has 2 aromatic rings. The zero-order valence-electron chi connectivity index (χ0n) is 13.5. The molecule has 5 heteroatoms. The number of hydrogen-bond acceptors (Lipinski definition) is 3. The van der Waals surface area contributed by atoms with Crippen molar-refractivity contribution in [3.05, 3.63) is 65.2 Å². The van der Waals surface area contributed by atoms with Gasteiger partial charge in [-0.05, 0) is 62.0 Å². The Balaban J connectivity index is 1.50. The van der Waals surface area contributed by atoms with Gasteiger partial charge in [-0.2, -0.15) is 0 Å². The third-order valence-electron chi connectivity index (χ3n) is 4.63. The van der Waals surface area contributed by atoms with E-state index in [2.05, 4.69) is 9.88 Å². The molecule has 24 heavy (non-hydrogen) atoms. The lowest BCUT2D eigenvalue weighted by Gasteiger charge is -2.31. The summed E-state index contributed by atoms with van der Waals surface area (Å²) in [7, 11) is 0. The number of rotatable bonds is 5. The normalized spacial score (nSPS) is 16.2. The molecule has 126 valence electrons. The number of carboxylic acid groups (broad SMARTS) is 1. The summed E-state index contributed by atoms with van der Waals surface area (Å²) in [4.78, 5) is 17.4. The van der Waals surface area contributed by atoms with Gasteiger partial charge in [0.2, 0.25) is 0 Å². The number of hydrogen-bond donors (Lipinski definition) is 1. The number of aromatic carboxylic acids is 1. The van der Waals surface area contributed by atoms with Gasteiger partial charge in [-0.1, -0.05) is 18.2 Å². The van der Waals surface area contributed by atoms with Crippen LogP contribution >= 0.6 is 0 Å². The predicted molar refractivity (Wildman–Crippen MR) is 89.3 cm³/mol. The van der Waals surface area contributed by atoms with Crippen LogP contribution in [-0.4, -0.2) is 34.0 Å². The van der Waals surface area contributed by atoms with Gasteiger partial charge in [-0.3, -0.25) is 9.88 Å². The van der Waals surface area contributed by atoms with Crippen molar-refractivity contribution >= 4 is 5.97 Å². The maximum Gasteiger partial charge on any atom is 0.337 e. The van der Waals surface area contributed by atoms with Crippen LogP contribution in [-0.2, 0) is 13.0 Å². The van der Waals surface area contributed by atoms with E-state index in [4.69, 9.17) is 5.11 Å². The first kappa shape index (κ1) is 16.6. The topological polar surface area (TPSA) is 53.4 Å². The van der Waals surface area contributed by atoms with Gasteiger partial charge in [0.25, 0.3) is 0 Å². The lowest BCUT2D eigenvalue weighted by Crippen LogP contribution is -2.34. The van der Waals surface area contributed by atoms with Crippen molar-refractivity contribution in [1.82, 2.24) is 9.88 Å². The molecule has 0 spiro atoms. The highest BCUT2D eigenvalue weighted by Crippen LogP contribution is 2.23. The highest BCUT2D eigenvalue weighted by Gasteiger charge is 2.20. The number of pyridine rings is 1. The van der Waals surface area contributed by atoms with E-state index in [0.717, 1.165) is 50.2 Å². The summed E-state index contributed by atoms with van der Waals surface area (Å²) in [6.45, 7) is 2.65. The lowest BCUT2D eigenvalue weighted by atomic mass is 9.90. The van der Waals surface area contributed by atoms with Gasteiger partial charge in [0, 0.05) is 12.7 Å². The first-order valence-corrected chi connectivity index (χ1v) is 8.26. The molecule has 1 aromatic carbocycles. The number of nitrogens with zero attached hydrogens (tertiary/aromatic N) is 2. The van der Waals surface area contributed by atoms with E-state index in [9.17, 15) is 9.18 Å². The quantitative estimate of drug-likeness (QED) is 0.914. The summed E-state index contributed by atoms with van der Waals surface area (Å²) in [6, 6.07) is 10.4. The Morgan fingerprint density at radius 2 is 1.96 bits per heavy atom. The Kier molecular flexibility index (Phi) is 5.20. The highest BCUT2D eigenvalue weighted by molar-refractivity contribution is 5.87. The minimum Gasteiger partial charge on any atom is -0.478 e. The first-order valence-electron chi connectivity index (χ1n) is 8.26. The van der Waals surface area contributed by atoms with Crippen molar-refractivity contribution in [2.75, 3.05) is 13.1 Å². The largest absolute Gasteiger partial charge is 0.478 e. The molecule has 0 bridgehead atoms. The molecular formula is C19H21FN2O2. The van der Waals surface area contributed by atoms with Gasteiger partial charge < -0.3 is 5.11 Å². The second-order valence-corrected chi connectivity index (χ2v) is 6.36. The fraction of sp³-hybridized carbons (Fsp3) is 0.368. The fourth-order valence-corrected chi connectivity index (χ4v) is 3.20. The maximum atomic E-state index is 13.7. The van der Waals surface area contributed by atoms with Gasteiger partial charge in [0.1, 0.15) is 5.82 Å². The minimum atomic E-state index is -0.956. The maximum absolute atomic E-state index is 13.7. The van der Waals surface area contributed by atoms with Crippen LogP contribution in [0, 0.1) is 11.7 Å². The molecule has 1 aliphatic rings. The van der Waals surface area contributed by atoms with E-state index < -0.39 is 5.97 Å². The summed E-state index contributed by atoms with van der Waals surface area (Å²) < 4.78 is 13.7. The molecule has 1 aliphatic heterocycles. The van der Waals surface area contributed by atoms with Crippen LogP contribution in [0.1, 0.15) is 34.5 Å². The minimum absolute atomic E-state index is 0.109. The second-order valence-electron chi connectivity index (χ2n) is 6.36. The lowest BCUT2D eigenvalue weighted by molar-refractivity contribution is 0.0696. The molecule has 0 radical (unpaired) electrons. The highest BCUT2D eigenvalue weighted by atomic mass is 19.1. The van der Waals surface area contributed by atoms with Crippen molar-refractivity contribution in [2.24, 2.45) is 5.92 Å². The monoisotopic (exact) mass is 328 g/mol. The van der Waals surface area contributed by atoms with Crippen molar-refractivity contribution in [2.45, 2.75) is 25.8 Å². The first-order chi connectivity index (χ1) is 11.6. The molecule has 0 amide bonds. The van der Waals surface area contributed by atoms with Crippen molar-refractivity contribution in [3.63, 3.8) is 0 Å². The van der Waals surface area contributed by atoms with E-state index >= 15 is 0 Å². The van der Waals surface area contributed by atoms with Gasteiger partial charge in [0.05, 0.1) is 11.3 Å². The fourth-order valence-electron chi connectivity index (χ4n) is 3.20. The molecule has 0 unspecified atom stereocenters. The Morgan fingerprint density at radius 1 is 1.21 bits per heavy atom. The Bertz CT molecular complexity index is 695. The molecular weight excluding hydrogens is 307 g/mol. The summed E-state index contributed by atoms with van der Waals surface area (Å²) in [5.41, 5.74) is 1.90. The summed E-state index contributed by atoms with van der Waals surface area (Å²) in [5, 5.41) is 8.89. The number of benzene rings is 1. The third kappa shape index (κ3) is 4.17. The average molecular weight is 328 g/mol. The Morgan fingerprint density at radius 3 is 2.58 bits per heavy atom. The molecule has 4 nitrogen and oxygen atoms in total. The molecule has 3 rings (SSSR count). The Labute approximate surface area is 141 Å². The molecule has 2 heterocycles. The van der Waals surface area contributed by atoms with E-state index in [1.165, 1.54) is 12.3 Å². The van der Waals surface area contributed by atoms with Gasteiger partial charge in [-0.25, -0.2) is 9.18 Å². The number of piperidine rings is 1. The zero-order valence-corrected chi connectivity index (χ0v) is 13.5. The number of carboxylic acids is 1. The molecule has 1 N–H and O–H groups in total. The van der Waals surface area contributed by atoms with Crippen LogP contribution in [0.15, 0.2) is 42.6 Å². The van der Waals surface area contributed by atoms with Crippen molar-refractivity contribution < 1.29 is 14.3 Å². The zero-order chi connectivity index (χ0) is 16.9. The summed E-state index contributed by atoms with van der Waals surface area (Å²) >= 11 is 0. The van der Waals surface area contributed by atoms with Crippen molar-refractivity contribution in [3.8, 4) is 0 Å². The van der Waals surface area contributed by atoms with Crippen LogP contribution < -0.4 is 0 Å². The molecule has 1 saturated heterocycles. The number of carbonyl (C=O) groups is 1. The van der Waals surface area contributed by atoms with Gasteiger partial charge >= 0.3 is 5.97 Å². The van der Waals surface area contributed by atoms with Crippen molar-refractivity contribution in [1.29, 1.82) is 0 Å². The van der Waals surface area contributed by atoms with E-state index in [0.29, 0.717) is 5.92 Å². The van der Waals surface area contributed by atoms with Crippen LogP contribution in [0.3, 0.4) is 0 Å². The average Bonchev–Trinajstić information content (AvgIpc) is 2.59. The number of likely N-dealkylation sites (tertiary alicyclic amines) is 1. The SMILES string of the molecule is O=C(O)c1ccc(CN2CCC(Cc3ccccc3F)CC2)nc1. The Hall–Kier alpha value is -2.27. The number of aromatic nitrogens is 1. The van der Waals surface area contributed by atoms with Crippen LogP contribution in [0.5, 0.6) is 0 Å². The van der Waals surface area contributed by atoms with Crippen LogP contribution in [0.25, 0.3) is 0 Å². The van der Waals surface area contributed by atoms with E-state index in [1.807, 2.05) is 12.1 Å². The molecule has 0 saturated carbocycles. The van der Waals surface area contributed by atoms with Crippen LogP contribution in [0.2, 0.25) is 0 Å². The van der Waals surface area contributed by atoms with Gasteiger partial charge in [-0.15, -0.1) is 0 Å². The summed E-state index contributed by atoms with van der Waals surface area (Å²) in [6.07, 6.45) is 4.29. The standard InChI is InChI=1S/C19H21FN2O2/c20-18-4-2-1-3-15(18)11-14-7-9-22(10-8-14)13-17-6-5-16(12-21-17)19(23)24/h1-6,12,14H,7-11,13H2,(H,23,24). The van der Waals surface area contributed by atoms with Crippen LogP contribution in [0.4, 0.5) is 4.39 Å².